The van der Waals surface area contributed by atoms with Gasteiger partial charge in [-0.2, -0.15) is 13.2 Å². The van der Waals surface area contributed by atoms with Crippen molar-refractivity contribution in [1.82, 2.24) is 10.3 Å². The molecule has 0 aliphatic rings. The van der Waals surface area contributed by atoms with Gasteiger partial charge in [0, 0.05) is 23.1 Å². The minimum Gasteiger partial charge on any atom is -0.493 e. The minimum atomic E-state index is -5.19. The molecule has 1 heterocycles. The number of carbonyl (C=O) groups excluding carboxylic acids is 1. The van der Waals surface area contributed by atoms with Gasteiger partial charge < -0.3 is 25.0 Å². The second-order valence-electron chi connectivity index (χ2n) is 11.1. The number of aliphatic hydroxyl groups is 2. The SMILES string of the molecule is CCNC(C)(C)c1cc(-c2ccc(F)c(C)c2)nc(C(O)(CCC(=O)c2ccc(OCC(C)O)c(OC)c2)C(F)(F)F)c1. The number of methoxy groups -OCH3 is 1. The number of nitrogens with zero attached hydrogens (tertiary/aromatic N) is 1. The summed E-state index contributed by atoms with van der Waals surface area (Å²) in [7, 11) is 1.34. The van der Waals surface area contributed by atoms with Gasteiger partial charge in [-0.3, -0.25) is 4.79 Å². The van der Waals surface area contributed by atoms with Gasteiger partial charge in [0.1, 0.15) is 12.4 Å². The van der Waals surface area contributed by atoms with Gasteiger partial charge in [-0.15, -0.1) is 0 Å². The molecular weight excluding hydrogens is 568 g/mol. The molecule has 43 heavy (non-hydrogen) atoms. The van der Waals surface area contributed by atoms with E-state index in [1.807, 2.05) is 6.92 Å². The Balaban J connectivity index is 2.04. The molecule has 2 aromatic carbocycles. The summed E-state index contributed by atoms with van der Waals surface area (Å²) >= 11 is 0. The third-order valence-corrected chi connectivity index (χ3v) is 7.19. The molecule has 0 aliphatic carbocycles. The number of carbonyl (C=O) groups is 1. The number of ketones is 1. The van der Waals surface area contributed by atoms with Crippen molar-refractivity contribution in [2.75, 3.05) is 20.3 Å². The van der Waals surface area contributed by atoms with E-state index in [0.717, 1.165) is 0 Å². The van der Waals surface area contributed by atoms with Crippen molar-refractivity contribution in [3.63, 3.8) is 0 Å². The Morgan fingerprint density at radius 2 is 1.77 bits per heavy atom. The number of aliphatic hydroxyl groups excluding tert-OH is 1. The van der Waals surface area contributed by atoms with Crippen LogP contribution in [0.5, 0.6) is 11.5 Å². The molecule has 0 aliphatic heterocycles. The highest BCUT2D eigenvalue weighted by atomic mass is 19.4. The molecule has 2 atom stereocenters. The van der Waals surface area contributed by atoms with Gasteiger partial charge in [0.2, 0.25) is 5.60 Å². The van der Waals surface area contributed by atoms with Gasteiger partial charge in [0.05, 0.1) is 24.6 Å². The zero-order valence-electron chi connectivity index (χ0n) is 25.1. The molecule has 0 amide bonds. The van der Waals surface area contributed by atoms with Crippen molar-refractivity contribution in [3.05, 3.63) is 76.7 Å². The smallest absolute Gasteiger partial charge is 0.422 e. The first-order chi connectivity index (χ1) is 20.0. The Kier molecular flexibility index (Phi) is 10.6. The number of halogens is 4. The van der Waals surface area contributed by atoms with Gasteiger partial charge in [-0.25, -0.2) is 9.37 Å². The van der Waals surface area contributed by atoms with Crippen LogP contribution >= 0.6 is 0 Å². The molecule has 7 nitrogen and oxygen atoms in total. The Morgan fingerprint density at radius 3 is 2.35 bits per heavy atom. The first-order valence-electron chi connectivity index (χ1n) is 13.9. The van der Waals surface area contributed by atoms with Gasteiger partial charge in [-0.1, -0.05) is 6.92 Å². The van der Waals surface area contributed by atoms with Gasteiger partial charge >= 0.3 is 6.18 Å². The summed E-state index contributed by atoms with van der Waals surface area (Å²) in [6.45, 7) is 8.97. The first-order valence-corrected chi connectivity index (χ1v) is 13.9. The lowest BCUT2D eigenvalue weighted by atomic mass is 9.86. The van der Waals surface area contributed by atoms with Crippen molar-refractivity contribution in [1.29, 1.82) is 0 Å². The van der Waals surface area contributed by atoms with E-state index in [4.69, 9.17) is 9.47 Å². The maximum atomic E-state index is 14.7. The third kappa shape index (κ3) is 7.90. The van der Waals surface area contributed by atoms with Crippen molar-refractivity contribution >= 4 is 5.78 Å². The Hall–Kier alpha value is -3.54. The highest BCUT2D eigenvalue weighted by Crippen LogP contribution is 2.44. The molecule has 2 unspecified atom stereocenters. The van der Waals surface area contributed by atoms with E-state index >= 15 is 0 Å². The number of Topliss-reactive ketones (excluding diaryl/α,β-unsaturated/α-hetero) is 1. The standard InChI is InChI=1S/C32H38F4N2O5/c1-7-37-30(4,5)23-16-25(21-8-10-24(33)19(2)14-21)38-29(17-23)31(41,32(34,35)36)13-12-26(40)22-9-11-27(28(15-22)42-6)43-18-20(3)39/h8-11,14-17,20,37,39,41H,7,12-13,18H2,1-6H3. The van der Waals surface area contributed by atoms with Crippen molar-refractivity contribution < 1.29 is 42.0 Å². The molecule has 1 aromatic heterocycles. The number of alkyl halides is 3. The van der Waals surface area contributed by atoms with E-state index in [-0.39, 0.29) is 34.9 Å². The number of nitrogens with one attached hydrogen (secondary N) is 1. The number of benzene rings is 2. The lowest BCUT2D eigenvalue weighted by molar-refractivity contribution is -0.270. The maximum absolute atomic E-state index is 14.7. The predicted octanol–water partition coefficient (Wildman–Crippen LogP) is 6.22. The van der Waals surface area contributed by atoms with Crippen LogP contribution in [-0.2, 0) is 11.1 Å². The van der Waals surface area contributed by atoms with Crippen LogP contribution in [0.4, 0.5) is 17.6 Å². The normalized spacial score (nSPS) is 14.2. The summed E-state index contributed by atoms with van der Waals surface area (Å²) in [4.78, 5) is 17.3. The van der Waals surface area contributed by atoms with E-state index in [0.29, 0.717) is 17.7 Å². The number of aryl methyl sites for hydroxylation is 1. The first kappa shape index (κ1) is 34.0. The van der Waals surface area contributed by atoms with Crippen LogP contribution in [0, 0.1) is 12.7 Å². The molecule has 3 aromatic rings. The number of aromatic nitrogens is 1. The average molecular weight is 607 g/mol. The Morgan fingerprint density at radius 1 is 1.07 bits per heavy atom. The Bertz CT molecular complexity index is 1440. The number of hydrogen-bond acceptors (Lipinski definition) is 7. The molecule has 0 fully saturated rings. The topological polar surface area (TPSA) is 101 Å². The molecule has 3 N–H and O–H groups in total. The Labute approximate surface area is 248 Å². The molecule has 0 bridgehead atoms. The molecule has 0 spiro atoms. The summed E-state index contributed by atoms with van der Waals surface area (Å²) in [5, 5.41) is 24.0. The predicted molar refractivity (Wildman–Crippen MR) is 155 cm³/mol. The summed E-state index contributed by atoms with van der Waals surface area (Å²) in [6.07, 6.45) is -7.61. The van der Waals surface area contributed by atoms with E-state index < -0.39 is 53.6 Å². The van der Waals surface area contributed by atoms with Crippen LogP contribution in [0.2, 0.25) is 0 Å². The maximum Gasteiger partial charge on any atom is 0.422 e. The fourth-order valence-electron chi connectivity index (χ4n) is 4.62. The van der Waals surface area contributed by atoms with Gasteiger partial charge in [-0.05, 0) is 100 Å². The number of pyridine rings is 1. The highest BCUT2D eigenvalue weighted by Gasteiger charge is 2.56. The lowest BCUT2D eigenvalue weighted by Crippen LogP contribution is -2.44. The third-order valence-electron chi connectivity index (χ3n) is 7.19. The van der Waals surface area contributed by atoms with Crippen LogP contribution in [0.1, 0.15) is 67.7 Å². The van der Waals surface area contributed by atoms with Crippen molar-refractivity contribution in [2.45, 2.75) is 70.9 Å². The van der Waals surface area contributed by atoms with Crippen LogP contribution in [-0.4, -0.2) is 53.5 Å². The minimum absolute atomic E-state index is 0.0294. The molecule has 234 valence electrons. The van der Waals surface area contributed by atoms with E-state index in [1.54, 1.807) is 19.9 Å². The van der Waals surface area contributed by atoms with Crippen LogP contribution in [0.25, 0.3) is 11.3 Å². The second kappa shape index (κ2) is 13.4. The average Bonchev–Trinajstić information content (AvgIpc) is 2.94. The van der Waals surface area contributed by atoms with E-state index in [9.17, 15) is 32.6 Å². The van der Waals surface area contributed by atoms with Crippen LogP contribution in [0.3, 0.4) is 0 Å². The second-order valence-corrected chi connectivity index (χ2v) is 11.1. The highest BCUT2D eigenvalue weighted by molar-refractivity contribution is 5.96. The summed E-state index contributed by atoms with van der Waals surface area (Å²) in [5.74, 6) is -0.726. The number of rotatable bonds is 13. The molecule has 11 heteroatoms. The molecule has 0 saturated heterocycles. The van der Waals surface area contributed by atoms with Gasteiger partial charge in [0.15, 0.2) is 17.3 Å². The number of ether oxygens (including phenoxy) is 2. The fourth-order valence-corrected chi connectivity index (χ4v) is 4.62. The van der Waals surface area contributed by atoms with E-state index in [2.05, 4.69) is 10.3 Å². The van der Waals surface area contributed by atoms with Crippen molar-refractivity contribution in [3.8, 4) is 22.8 Å². The van der Waals surface area contributed by atoms with Gasteiger partial charge in [0.25, 0.3) is 0 Å². The largest absolute Gasteiger partial charge is 0.493 e. The molecular formula is C32H38F4N2O5. The van der Waals surface area contributed by atoms with Crippen LogP contribution < -0.4 is 14.8 Å². The monoisotopic (exact) mass is 606 g/mol. The van der Waals surface area contributed by atoms with Crippen LogP contribution in [0.15, 0.2) is 48.5 Å². The zero-order chi connectivity index (χ0) is 32.2. The molecule has 0 radical (unpaired) electrons. The quantitative estimate of drug-likeness (QED) is 0.157. The van der Waals surface area contributed by atoms with Crippen molar-refractivity contribution in [2.24, 2.45) is 0 Å². The molecule has 0 saturated carbocycles. The molecule has 3 rings (SSSR count). The fraction of sp³-hybridized carbons (Fsp3) is 0.438. The summed E-state index contributed by atoms with van der Waals surface area (Å²) in [5.41, 5.74) is -3.71. The van der Waals surface area contributed by atoms with E-state index in [1.165, 1.54) is 63.4 Å². The summed E-state index contributed by atoms with van der Waals surface area (Å²) < 4.78 is 68.7. The number of hydrogen-bond donors (Lipinski definition) is 3. The zero-order valence-corrected chi connectivity index (χ0v) is 25.1. The lowest BCUT2D eigenvalue weighted by Gasteiger charge is -2.33. The summed E-state index contributed by atoms with van der Waals surface area (Å²) in [6, 6.07) is 11.0.